The average molecular weight is 220 g/mol. The molecule has 1 amide bonds. The van der Waals surface area contributed by atoms with Gasteiger partial charge in [-0.1, -0.05) is 12.1 Å². The van der Waals surface area contributed by atoms with Crippen LogP contribution in [0.4, 0.5) is 0 Å². The lowest BCUT2D eigenvalue weighted by atomic mass is 10.1. The quantitative estimate of drug-likeness (QED) is 0.600. The van der Waals surface area contributed by atoms with E-state index in [4.69, 9.17) is 5.73 Å². The van der Waals surface area contributed by atoms with Crippen molar-refractivity contribution >= 4 is 18.6 Å². The van der Waals surface area contributed by atoms with Gasteiger partial charge in [0.1, 0.15) is 6.04 Å². The molecule has 0 aliphatic rings. The molecule has 1 rings (SSSR count). The highest BCUT2D eigenvalue weighted by Gasteiger charge is 2.14. The highest BCUT2D eigenvalue weighted by Crippen LogP contribution is 2.13. The van der Waals surface area contributed by atoms with Crippen LogP contribution in [0.2, 0.25) is 0 Å². The number of benzene rings is 1. The van der Waals surface area contributed by atoms with Crippen LogP contribution in [0.25, 0.3) is 0 Å². The summed E-state index contributed by atoms with van der Waals surface area (Å²) >= 11 is 0. The molecule has 0 radical (unpaired) electrons. The van der Waals surface area contributed by atoms with Gasteiger partial charge >= 0.3 is 5.97 Å². The number of carbonyl (C=O) groups is 2. The summed E-state index contributed by atoms with van der Waals surface area (Å²) in [7, 11) is 1.30. The second-order valence-electron chi connectivity index (χ2n) is 3.09. The number of hydrogen-bond donors (Lipinski definition) is 1. The maximum absolute atomic E-state index is 11.1. The minimum absolute atomic E-state index is 0.400. The SMILES string of the molecule is C=NC(=O)[C@H](N)c1ccc(C(=O)OC)cc1. The van der Waals surface area contributed by atoms with Gasteiger partial charge in [0, 0.05) is 0 Å². The molecule has 0 bridgehead atoms. The van der Waals surface area contributed by atoms with Crippen LogP contribution in [0, 0.1) is 0 Å². The number of nitrogens with zero attached hydrogens (tertiary/aromatic N) is 1. The number of esters is 1. The molecule has 2 N–H and O–H groups in total. The third-order valence-corrected chi connectivity index (χ3v) is 2.11. The van der Waals surface area contributed by atoms with Crippen molar-refractivity contribution in [2.24, 2.45) is 10.7 Å². The Hall–Kier alpha value is -2.01. The van der Waals surface area contributed by atoms with Gasteiger partial charge < -0.3 is 10.5 Å². The number of methoxy groups -OCH3 is 1. The summed E-state index contributed by atoms with van der Waals surface area (Å²) in [6, 6.07) is 5.40. The van der Waals surface area contributed by atoms with Crippen molar-refractivity contribution < 1.29 is 14.3 Å². The Bertz CT molecular complexity index is 412. The normalized spacial score (nSPS) is 11.6. The minimum Gasteiger partial charge on any atom is -0.465 e. The van der Waals surface area contributed by atoms with Gasteiger partial charge in [-0.05, 0) is 24.4 Å². The summed E-state index contributed by atoms with van der Waals surface area (Å²) in [4.78, 5) is 25.5. The van der Waals surface area contributed by atoms with Gasteiger partial charge in [-0.3, -0.25) is 4.79 Å². The first-order chi connectivity index (χ1) is 7.60. The van der Waals surface area contributed by atoms with Crippen molar-refractivity contribution in [3.63, 3.8) is 0 Å². The Kier molecular flexibility index (Phi) is 3.90. The highest BCUT2D eigenvalue weighted by molar-refractivity contribution is 5.90. The van der Waals surface area contributed by atoms with Crippen LogP contribution >= 0.6 is 0 Å². The topological polar surface area (TPSA) is 81.8 Å². The molecule has 0 spiro atoms. The average Bonchev–Trinajstić information content (AvgIpc) is 2.36. The van der Waals surface area contributed by atoms with Gasteiger partial charge in [0.05, 0.1) is 12.7 Å². The Morgan fingerprint density at radius 2 is 1.94 bits per heavy atom. The Morgan fingerprint density at radius 1 is 1.38 bits per heavy atom. The Morgan fingerprint density at radius 3 is 2.38 bits per heavy atom. The summed E-state index contributed by atoms with van der Waals surface area (Å²) in [6.45, 7) is 3.11. The van der Waals surface area contributed by atoms with Crippen molar-refractivity contribution in [2.45, 2.75) is 6.04 Å². The monoisotopic (exact) mass is 220 g/mol. The lowest BCUT2D eigenvalue weighted by Crippen LogP contribution is -2.19. The van der Waals surface area contributed by atoms with Crippen molar-refractivity contribution in [1.82, 2.24) is 0 Å². The molecule has 16 heavy (non-hydrogen) atoms. The number of carbonyl (C=O) groups excluding carboxylic acids is 2. The van der Waals surface area contributed by atoms with Crippen LogP contribution in [-0.2, 0) is 9.53 Å². The smallest absolute Gasteiger partial charge is 0.337 e. The third-order valence-electron chi connectivity index (χ3n) is 2.11. The summed E-state index contributed by atoms with van der Waals surface area (Å²) in [5.41, 5.74) is 6.58. The first-order valence-electron chi connectivity index (χ1n) is 4.54. The van der Waals surface area contributed by atoms with Crippen LogP contribution in [0.5, 0.6) is 0 Å². The molecule has 84 valence electrons. The lowest BCUT2D eigenvalue weighted by molar-refractivity contribution is -0.119. The first kappa shape index (κ1) is 12.1. The van der Waals surface area contributed by atoms with E-state index in [-0.39, 0.29) is 0 Å². The van der Waals surface area contributed by atoms with Crippen LogP contribution in [0.3, 0.4) is 0 Å². The number of hydrogen-bond acceptors (Lipinski definition) is 4. The van der Waals surface area contributed by atoms with E-state index in [1.807, 2.05) is 0 Å². The second-order valence-corrected chi connectivity index (χ2v) is 3.09. The Labute approximate surface area is 92.9 Å². The van der Waals surface area contributed by atoms with Crippen molar-refractivity contribution in [3.8, 4) is 0 Å². The van der Waals surface area contributed by atoms with E-state index >= 15 is 0 Å². The molecule has 1 atom stereocenters. The number of nitrogens with two attached hydrogens (primary N) is 1. The molecule has 1 aromatic rings. The van der Waals surface area contributed by atoms with Gasteiger partial charge in [0.25, 0.3) is 5.91 Å². The minimum atomic E-state index is -0.843. The predicted molar refractivity (Wildman–Crippen MR) is 59.3 cm³/mol. The molecule has 0 aromatic heterocycles. The summed E-state index contributed by atoms with van der Waals surface area (Å²) in [5.74, 6) is -0.945. The largest absolute Gasteiger partial charge is 0.465 e. The van der Waals surface area contributed by atoms with Crippen LogP contribution in [-0.4, -0.2) is 25.7 Å². The molecule has 0 fully saturated rings. The van der Waals surface area contributed by atoms with Gasteiger partial charge in [0.2, 0.25) is 0 Å². The standard InChI is InChI=1S/C11H12N2O3/c1-13-10(14)9(12)7-3-5-8(6-4-7)11(15)16-2/h3-6,9H,1,12H2,2H3/t9-/m1/s1. The number of aliphatic imine (C=N–C) groups is 1. The van der Waals surface area contributed by atoms with Gasteiger partial charge in [-0.25, -0.2) is 9.79 Å². The zero-order valence-corrected chi connectivity index (χ0v) is 8.84. The van der Waals surface area contributed by atoms with E-state index in [2.05, 4.69) is 16.4 Å². The molecule has 5 nitrogen and oxygen atoms in total. The van der Waals surface area contributed by atoms with Gasteiger partial charge in [0.15, 0.2) is 0 Å². The molecular weight excluding hydrogens is 208 g/mol. The van der Waals surface area contributed by atoms with E-state index in [1.165, 1.54) is 19.2 Å². The lowest BCUT2D eigenvalue weighted by Gasteiger charge is -2.07. The van der Waals surface area contributed by atoms with Crippen LogP contribution < -0.4 is 5.73 Å². The summed E-state index contributed by atoms with van der Waals surface area (Å²) in [5, 5.41) is 0. The number of amides is 1. The fraction of sp³-hybridized carbons (Fsp3) is 0.182. The summed E-state index contributed by atoms with van der Waals surface area (Å²) in [6.07, 6.45) is 0. The molecule has 0 heterocycles. The predicted octanol–water partition coefficient (Wildman–Crippen LogP) is 0.700. The molecular formula is C11H12N2O3. The summed E-state index contributed by atoms with van der Waals surface area (Å²) < 4.78 is 4.54. The molecule has 0 saturated heterocycles. The Balaban J connectivity index is 2.90. The molecule has 0 aliphatic heterocycles. The van der Waals surface area contributed by atoms with Crippen LogP contribution in [0.15, 0.2) is 29.3 Å². The third kappa shape index (κ3) is 2.52. The van der Waals surface area contributed by atoms with E-state index in [0.717, 1.165) is 0 Å². The van der Waals surface area contributed by atoms with Gasteiger partial charge in [-0.2, -0.15) is 0 Å². The van der Waals surface area contributed by atoms with E-state index in [1.54, 1.807) is 12.1 Å². The van der Waals surface area contributed by atoms with Crippen molar-refractivity contribution in [2.75, 3.05) is 7.11 Å². The fourth-order valence-electron chi connectivity index (χ4n) is 1.19. The van der Waals surface area contributed by atoms with Crippen LogP contribution in [0.1, 0.15) is 22.0 Å². The first-order valence-corrected chi connectivity index (χ1v) is 4.54. The number of ether oxygens (including phenoxy) is 1. The molecule has 0 aliphatic carbocycles. The zero-order chi connectivity index (χ0) is 12.1. The molecule has 0 unspecified atom stereocenters. The zero-order valence-electron chi connectivity index (χ0n) is 8.84. The second kappa shape index (κ2) is 5.18. The van der Waals surface area contributed by atoms with E-state index in [0.29, 0.717) is 11.1 Å². The number of rotatable bonds is 3. The van der Waals surface area contributed by atoms with E-state index < -0.39 is 17.9 Å². The van der Waals surface area contributed by atoms with E-state index in [9.17, 15) is 9.59 Å². The maximum atomic E-state index is 11.1. The van der Waals surface area contributed by atoms with Gasteiger partial charge in [-0.15, -0.1) is 0 Å². The van der Waals surface area contributed by atoms with Crippen molar-refractivity contribution in [3.05, 3.63) is 35.4 Å². The molecule has 1 aromatic carbocycles. The highest BCUT2D eigenvalue weighted by atomic mass is 16.5. The fourth-order valence-corrected chi connectivity index (χ4v) is 1.19. The van der Waals surface area contributed by atoms with Crippen molar-refractivity contribution in [1.29, 1.82) is 0 Å². The molecule has 5 heteroatoms. The molecule has 0 saturated carbocycles. The maximum Gasteiger partial charge on any atom is 0.337 e.